The van der Waals surface area contributed by atoms with E-state index in [0.29, 0.717) is 25.0 Å². The number of hydrogen-bond donors (Lipinski definition) is 4. The van der Waals surface area contributed by atoms with E-state index in [-0.39, 0.29) is 36.9 Å². The van der Waals surface area contributed by atoms with Gasteiger partial charge in [0.15, 0.2) is 0 Å². The first-order valence-electron chi connectivity index (χ1n) is 16.0. The summed E-state index contributed by atoms with van der Waals surface area (Å²) in [5.74, 6) is -2.41. The van der Waals surface area contributed by atoms with Gasteiger partial charge in [0, 0.05) is 38.6 Å². The lowest BCUT2D eigenvalue weighted by molar-refractivity contribution is -0.139. The molecule has 0 saturated carbocycles. The smallest absolute Gasteiger partial charge is 0.255 e. The molecule has 4 N–H and O–H groups in total. The summed E-state index contributed by atoms with van der Waals surface area (Å²) in [5.41, 5.74) is 1.77. The van der Waals surface area contributed by atoms with E-state index in [1.165, 1.54) is 11.9 Å². The van der Waals surface area contributed by atoms with Crippen molar-refractivity contribution in [3.63, 3.8) is 0 Å². The van der Waals surface area contributed by atoms with E-state index in [9.17, 15) is 24.0 Å². The third-order valence-electron chi connectivity index (χ3n) is 7.67. The molecule has 0 unspecified atom stereocenters. The van der Waals surface area contributed by atoms with Crippen LogP contribution < -0.4 is 26.0 Å². The summed E-state index contributed by atoms with van der Waals surface area (Å²) < 4.78 is 6.11. The summed E-state index contributed by atoms with van der Waals surface area (Å²) in [6.45, 7) is 3.78. The first kappa shape index (κ1) is 35.5. The van der Waals surface area contributed by atoms with Crippen LogP contribution in [0.2, 0.25) is 0 Å². The van der Waals surface area contributed by atoms with Gasteiger partial charge in [-0.25, -0.2) is 0 Å². The number of benzene rings is 2. The Kier molecular flexibility index (Phi) is 13.0. The van der Waals surface area contributed by atoms with Crippen molar-refractivity contribution in [3.05, 3.63) is 90.0 Å². The molecule has 1 aliphatic heterocycles. The van der Waals surface area contributed by atoms with Gasteiger partial charge in [0.25, 0.3) is 5.91 Å². The molecule has 4 rings (SSSR count). The lowest BCUT2D eigenvalue weighted by Crippen LogP contribution is -2.53. The van der Waals surface area contributed by atoms with Crippen LogP contribution in [0.5, 0.6) is 5.75 Å². The van der Waals surface area contributed by atoms with E-state index < -0.39 is 54.1 Å². The van der Waals surface area contributed by atoms with Crippen LogP contribution in [0.25, 0.3) is 0 Å². The number of likely N-dealkylation sites (N-methyl/N-ethyl adjacent to an activating group) is 1. The molecule has 254 valence electrons. The van der Waals surface area contributed by atoms with Gasteiger partial charge < -0.3 is 30.9 Å². The van der Waals surface area contributed by atoms with Crippen molar-refractivity contribution >= 4 is 29.5 Å². The zero-order valence-corrected chi connectivity index (χ0v) is 27.5. The number of para-hydroxylation sites is 1. The van der Waals surface area contributed by atoms with Gasteiger partial charge in [0.05, 0.1) is 30.3 Å². The fourth-order valence-corrected chi connectivity index (χ4v) is 5.33. The van der Waals surface area contributed by atoms with Gasteiger partial charge in [-0.2, -0.15) is 0 Å². The molecule has 1 aromatic heterocycles. The number of carbonyl (C=O) groups is 5. The maximum atomic E-state index is 13.6. The summed E-state index contributed by atoms with van der Waals surface area (Å²) in [6.07, 6.45) is 5.37. The molecule has 2 aromatic carbocycles. The van der Waals surface area contributed by atoms with Gasteiger partial charge in [-0.3, -0.25) is 33.9 Å². The summed E-state index contributed by atoms with van der Waals surface area (Å²) >= 11 is 0. The van der Waals surface area contributed by atoms with Crippen molar-refractivity contribution in [3.8, 4) is 5.75 Å². The highest BCUT2D eigenvalue weighted by atomic mass is 16.5. The number of hydrogen-bond acceptors (Lipinski definition) is 8. The number of nitrogens with one attached hydrogen (secondary N) is 4. The number of ether oxygens (including phenoxy) is 1. The molecule has 0 radical (unpaired) electrons. The zero-order chi connectivity index (χ0) is 34.5. The third kappa shape index (κ3) is 10.9. The van der Waals surface area contributed by atoms with Crippen molar-refractivity contribution in [2.75, 3.05) is 26.7 Å². The lowest BCUT2D eigenvalue weighted by Gasteiger charge is -2.27. The summed E-state index contributed by atoms with van der Waals surface area (Å²) in [6, 6.07) is 13.4. The predicted molar refractivity (Wildman–Crippen MR) is 178 cm³/mol. The molecular formula is C35H43N7O6. The first-order valence-corrected chi connectivity index (χ1v) is 16.0. The van der Waals surface area contributed by atoms with E-state index in [1.807, 2.05) is 44.2 Å². The molecule has 1 aliphatic rings. The van der Waals surface area contributed by atoms with Crippen LogP contribution in [0.1, 0.15) is 48.3 Å². The number of aromatic nitrogens is 2. The minimum Gasteiger partial charge on any atom is -0.491 e. The number of carbonyl (C=O) groups excluding carboxylic acids is 5. The topological polar surface area (TPSA) is 172 Å². The summed E-state index contributed by atoms with van der Waals surface area (Å²) in [7, 11) is 1.50. The predicted octanol–water partition coefficient (Wildman–Crippen LogP) is 1.43. The van der Waals surface area contributed by atoms with E-state index in [1.54, 1.807) is 42.9 Å². The van der Waals surface area contributed by atoms with Crippen LogP contribution in [0.3, 0.4) is 0 Å². The van der Waals surface area contributed by atoms with Crippen LogP contribution in [0, 0.1) is 5.92 Å². The standard InChI is InChI=1S/C35H43N7O6/c1-23(2)17-29-35(47)42(3)21-32(44)39-26(18-24-9-5-4-6-10-24)22-48-30-12-8-7-11-27(30)33(45)41-28(19-31(43)40-29)34(46)38-14-13-25-20-36-15-16-37-25/h4-12,15-16,20,23,26,28-29H,13-14,17-19,21-22H2,1-3H3,(H,38,46)(H,39,44)(H,40,43)(H,41,45)/t26-,28+,29-/m1/s1. The maximum Gasteiger partial charge on any atom is 0.255 e. The van der Waals surface area contributed by atoms with Crippen LogP contribution >= 0.6 is 0 Å². The van der Waals surface area contributed by atoms with E-state index >= 15 is 0 Å². The van der Waals surface area contributed by atoms with Crippen molar-refractivity contribution in [1.29, 1.82) is 0 Å². The molecule has 13 nitrogen and oxygen atoms in total. The van der Waals surface area contributed by atoms with Gasteiger partial charge in [0.1, 0.15) is 24.4 Å². The van der Waals surface area contributed by atoms with Gasteiger partial charge in [-0.15, -0.1) is 0 Å². The molecule has 0 spiro atoms. The normalized spacial score (nSPS) is 19.7. The molecule has 5 amide bonds. The number of rotatable bonds is 8. The molecule has 0 bridgehead atoms. The van der Waals surface area contributed by atoms with Crippen LogP contribution in [0.15, 0.2) is 73.2 Å². The Morgan fingerprint density at radius 1 is 0.979 bits per heavy atom. The second-order valence-corrected chi connectivity index (χ2v) is 12.2. The van der Waals surface area contributed by atoms with Crippen molar-refractivity contribution in [2.24, 2.45) is 5.92 Å². The molecule has 3 atom stereocenters. The summed E-state index contributed by atoms with van der Waals surface area (Å²) in [4.78, 5) is 76.7. The van der Waals surface area contributed by atoms with Gasteiger partial charge >= 0.3 is 0 Å². The average molecular weight is 658 g/mol. The number of fused-ring (bicyclic) bond motifs is 1. The largest absolute Gasteiger partial charge is 0.491 e. The Labute approximate surface area is 280 Å². The summed E-state index contributed by atoms with van der Waals surface area (Å²) in [5, 5.41) is 11.2. The SMILES string of the molecule is CC(C)C[C@H]1NC(=O)C[C@@H](C(=O)NCCc2cnccn2)NC(=O)c2ccccc2OC[C@@H](Cc2ccccc2)NC(=O)CN(C)C1=O. The molecule has 0 aliphatic carbocycles. The molecule has 13 heteroatoms. The minimum absolute atomic E-state index is 0.0187. The van der Waals surface area contributed by atoms with Gasteiger partial charge in [0.2, 0.25) is 23.6 Å². The van der Waals surface area contributed by atoms with Crippen LogP contribution in [-0.2, 0) is 32.0 Å². The third-order valence-corrected chi connectivity index (χ3v) is 7.67. The van der Waals surface area contributed by atoms with Crippen molar-refractivity contribution in [2.45, 2.75) is 57.7 Å². The average Bonchev–Trinajstić information content (AvgIpc) is 3.06. The van der Waals surface area contributed by atoms with Crippen LogP contribution in [-0.4, -0.2) is 89.3 Å². The van der Waals surface area contributed by atoms with Gasteiger partial charge in [-0.1, -0.05) is 56.3 Å². The van der Waals surface area contributed by atoms with E-state index in [2.05, 4.69) is 31.2 Å². The van der Waals surface area contributed by atoms with Crippen molar-refractivity contribution in [1.82, 2.24) is 36.1 Å². The number of nitrogens with zero attached hydrogens (tertiary/aromatic N) is 3. The molecular weight excluding hydrogens is 614 g/mol. The Hall–Kier alpha value is -5.33. The van der Waals surface area contributed by atoms with Gasteiger partial charge in [-0.05, 0) is 36.5 Å². The maximum absolute atomic E-state index is 13.6. The highest BCUT2D eigenvalue weighted by Gasteiger charge is 2.31. The molecule has 2 heterocycles. The minimum atomic E-state index is -1.27. The Morgan fingerprint density at radius 3 is 2.46 bits per heavy atom. The van der Waals surface area contributed by atoms with Crippen molar-refractivity contribution < 1.29 is 28.7 Å². The van der Waals surface area contributed by atoms with E-state index in [4.69, 9.17) is 4.74 Å². The molecule has 0 fully saturated rings. The fourth-order valence-electron chi connectivity index (χ4n) is 5.33. The fraction of sp³-hybridized carbons (Fsp3) is 0.400. The first-order chi connectivity index (χ1) is 23.1. The Balaban J connectivity index is 1.62. The Bertz CT molecular complexity index is 1550. The molecule has 0 saturated heterocycles. The Morgan fingerprint density at radius 2 is 1.73 bits per heavy atom. The second kappa shape index (κ2) is 17.5. The molecule has 3 aromatic rings. The lowest BCUT2D eigenvalue weighted by atomic mass is 10.0. The highest BCUT2D eigenvalue weighted by Crippen LogP contribution is 2.19. The monoisotopic (exact) mass is 657 g/mol. The second-order valence-electron chi connectivity index (χ2n) is 12.2. The van der Waals surface area contributed by atoms with E-state index in [0.717, 1.165) is 5.56 Å². The zero-order valence-electron chi connectivity index (χ0n) is 27.5. The molecule has 48 heavy (non-hydrogen) atoms. The highest BCUT2D eigenvalue weighted by molar-refractivity contribution is 6.01. The van der Waals surface area contributed by atoms with Crippen LogP contribution in [0.4, 0.5) is 0 Å². The number of amides is 5. The quantitative estimate of drug-likeness (QED) is 0.282.